The zero-order chi connectivity index (χ0) is 9.24. The highest BCUT2D eigenvalue weighted by molar-refractivity contribution is 9.09. The number of hydrogen-bond acceptors (Lipinski definition) is 1. The first-order valence-corrected chi connectivity index (χ1v) is 9.44. The van der Waals surface area contributed by atoms with Gasteiger partial charge in [-0.25, -0.2) is 0 Å². The van der Waals surface area contributed by atoms with Crippen molar-refractivity contribution in [1.82, 2.24) is 0 Å². The number of hydrogen-bond donors (Lipinski definition) is 0. The van der Waals surface area contributed by atoms with Crippen LogP contribution in [0.25, 0.3) is 0 Å². The Labute approximate surface area is 85.0 Å². The van der Waals surface area contributed by atoms with E-state index in [0.717, 1.165) is 18.5 Å². The summed E-state index contributed by atoms with van der Waals surface area (Å²) in [6, 6.07) is 1.39. The van der Waals surface area contributed by atoms with Crippen LogP contribution in [0, 0.1) is 5.41 Å². The lowest BCUT2D eigenvalue weighted by Crippen LogP contribution is -2.34. The summed E-state index contributed by atoms with van der Waals surface area (Å²) in [4.78, 5) is 0. The third kappa shape index (κ3) is 2.86. The van der Waals surface area contributed by atoms with Gasteiger partial charge in [0.2, 0.25) is 0 Å². The van der Waals surface area contributed by atoms with E-state index in [-0.39, 0.29) is 0 Å². The van der Waals surface area contributed by atoms with Crippen molar-refractivity contribution in [2.24, 2.45) is 5.41 Å². The molecule has 1 nitrogen and oxygen atoms in total. The molecule has 72 valence electrons. The fourth-order valence-corrected chi connectivity index (χ4v) is 5.73. The molecule has 1 aliphatic heterocycles. The molecule has 0 spiro atoms. The third-order valence-electron chi connectivity index (χ3n) is 2.37. The SMILES string of the molecule is C[Si](C)(C)CC1(CBr)CCOC1. The van der Waals surface area contributed by atoms with Crippen molar-refractivity contribution < 1.29 is 4.74 Å². The van der Waals surface area contributed by atoms with Crippen molar-refractivity contribution in [3.05, 3.63) is 0 Å². The van der Waals surface area contributed by atoms with Crippen LogP contribution in [0.1, 0.15) is 6.42 Å². The van der Waals surface area contributed by atoms with Crippen molar-refractivity contribution >= 4 is 24.0 Å². The average Bonchev–Trinajstić information content (AvgIpc) is 2.34. The van der Waals surface area contributed by atoms with E-state index in [9.17, 15) is 0 Å². The van der Waals surface area contributed by atoms with Gasteiger partial charge < -0.3 is 4.74 Å². The lowest BCUT2D eigenvalue weighted by Gasteiger charge is -2.31. The van der Waals surface area contributed by atoms with Crippen LogP contribution in [0.15, 0.2) is 0 Å². The first-order valence-electron chi connectivity index (χ1n) is 4.61. The highest BCUT2D eigenvalue weighted by Gasteiger charge is 2.37. The minimum Gasteiger partial charge on any atom is -0.381 e. The normalized spacial score (nSPS) is 31.0. The molecule has 1 saturated heterocycles. The highest BCUT2D eigenvalue weighted by atomic mass is 79.9. The summed E-state index contributed by atoms with van der Waals surface area (Å²) in [5, 5.41) is 1.12. The van der Waals surface area contributed by atoms with Crippen LogP contribution in [0.2, 0.25) is 25.7 Å². The van der Waals surface area contributed by atoms with Gasteiger partial charge in [0.1, 0.15) is 0 Å². The summed E-state index contributed by atoms with van der Waals surface area (Å²) < 4.78 is 5.49. The Balaban J connectivity index is 2.55. The van der Waals surface area contributed by atoms with Crippen LogP contribution in [-0.4, -0.2) is 26.6 Å². The molecule has 0 N–H and O–H groups in total. The molecule has 3 heteroatoms. The Morgan fingerprint density at radius 2 is 2.08 bits per heavy atom. The largest absolute Gasteiger partial charge is 0.381 e. The second kappa shape index (κ2) is 3.80. The summed E-state index contributed by atoms with van der Waals surface area (Å²) in [7, 11) is -0.926. The lowest BCUT2D eigenvalue weighted by atomic mass is 9.93. The smallest absolute Gasteiger partial charge is 0.0528 e. The minimum absolute atomic E-state index is 0.477. The van der Waals surface area contributed by atoms with E-state index in [2.05, 4.69) is 35.6 Å². The van der Waals surface area contributed by atoms with Gasteiger partial charge in [0, 0.05) is 25.4 Å². The minimum atomic E-state index is -0.926. The fraction of sp³-hybridized carbons (Fsp3) is 1.00. The summed E-state index contributed by atoms with van der Waals surface area (Å²) in [5.41, 5.74) is 0.477. The Morgan fingerprint density at radius 1 is 1.42 bits per heavy atom. The van der Waals surface area contributed by atoms with Crippen molar-refractivity contribution in [2.75, 3.05) is 18.5 Å². The number of rotatable bonds is 3. The molecule has 1 unspecified atom stereocenters. The number of halogens is 1. The van der Waals surface area contributed by atoms with E-state index in [0.29, 0.717) is 5.41 Å². The van der Waals surface area contributed by atoms with E-state index in [1.165, 1.54) is 12.5 Å². The average molecular weight is 251 g/mol. The number of alkyl halides is 1. The fourth-order valence-electron chi connectivity index (χ4n) is 2.07. The predicted molar refractivity (Wildman–Crippen MR) is 59.8 cm³/mol. The van der Waals surface area contributed by atoms with Crippen LogP contribution in [0.3, 0.4) is 0 Å². The van der Waals surface area contributed by atoms with Crippen molar-refractivity contribution in [3.8, 4) is 0 Å². The summed E-state index contributed by atoms with van der Waals surface area (Å²) in [6.07, 6.45) is 1.25. The van der Waals surface area contributed by atoms with E-state index in [1.54, 1.807) is 0 Å². The maximum Gasteiger partial charge on any atom is 0.0528 e. The van der Waals surface area contributed by atoms with Gasteiger partial charge in [0.15, 0.2) is 0 Å². The van der Waals surface area contributed by atoms with Crippen LogP contribution in [0.5, 0.6) is 0 Å². The van der Waals surface area contributed by atoms with Crippen molar-refractivity contribution in [1.29, 1.82) is 0 Å². The molecule has 0 radical (unpaired) electrons. The van der Waals surface area contributed by atoms with Crippen molar-refractivity contribution in [3.63, 3.8) is 0 Å². The van der Waals surface area contributed by atoms with Gasteiger partial charge in [-0.15, -0.1) is 0 Å². The monoisotopic (exact) mass is 250 g/mol. The van der Waals surface area contributed by atoms with Gasteiger partial charge in [0.25, 0.3) is 0 Å². The van der Waals surface area contributed by atoms with Gasteiger partial charge in [0.05, 0.1) is 6.61 Å². The van der Waals surface area contributed by atoms with E-state index in [4.69, 9.17) is 4.74 Å². The topological polar surface area (TPSA) is 9.23 Å². The Kier molecular flexibility index (Phi) is 3.40. The maximum atomic E-state index is 5.49. The maximum absolute atomic E-state index is 5.49. The molecular weight excluding hydrogens is 232 g/mol. The molecule has 1 rings (SSSR count). The Morgan fingerprint density at radius 3 is 2.42 bits per heavy atom. The molecular formula is C9H19BrOSi. The molecule has 0 bridgehead atoms. The van der Waals surface area contributed by atoms with Crippen LogP contribution >= 0.6 is 15.9 Å². The second-order valence-corrected chi connectivity index (χ2v) is 11.2. The van der Waals surface area contributed by atoms with Gasteiger partial charge in [-0.05, 0) is 12.5 Å². The third-order valence-corrected chi connectivity index (χ3v) is 5.37. The van der Waals surface area contributed by atoms with E-state index in [1.807, 2.05) is 0 Å². The molecule has 0 aromatic heterocycles. The van der Waals surface area contributed by atoms with E-state index < -0.39 is 8.07 Å². The standard InChI is InChI=1S/C9H19BrOSi/c1-12(2,3)8-9(6-10)4-5-11-7-9/h4-8H2,1-3H3. The first kappa shape index (κ1) is 10.7. The molecule has 0 aliphatic carbocycles. The molecule has 1 heterocycles. The van der Waals surface area contributed by atoms with E-state index >= 15 is 0 Å². The predicted octanol–water partition coefficient (Wildman–Crippen LogP) is 3.13. The summed E-state index contributed by atoms with van der Waals surface area (Å²) in [5.74, 6) is 0. The zero-order valence-electron chi connectivity index (χ0n) is 8.32. The Hall–Kier alpha value is 0.657. The molecule has 1 atom stereocenters. The molecule has 0 aromatic rings. The quantitative estimate of drug-likeness (QED) is 0.553. The summed E-state index contributed by atoms with van der Waals surface area (Å²) in [6.45, 7) is 9.26. The van der Waals surface area contributed by atoms with Crippen LogP contribution < -0.4 is 0 Å². The lowest BCUT2D eigenvalue weighted by molar-refractivity contribution is 0.168. The number of ether oxygens (including phenoxy) is 1. The molecule has 0 aromatic carbocycles. The Bertz CT molecular complexity index is 147. The van der Waals surface area contributed by atoms with Gasteiger partial charge in [-0.3, -0.25) is 0 Å². The van der Waals surface area contributed by atoms with Crippen molar-refractivity contribution in [2.45, 2.75) is 32.1 Å². The molecule has 1 fully saturated rings. The molecule has 0 saturated carbocycles. The summed E-state index contributed by atoms with van der Waals surface area (Å²) >= 11 is 3.63. The van der Waals surface area contributed by atoms with Crippen LogP contribution in [-0.2, 0) is 4.74 Å². The van der Waals surface area contributed by atoms with Gasteiger partial charge in [-0.1, -0.05) is 35.6 Å². The van der Waals surface area contributed by atoms with Crippen LogP contribution in [0.4, 0.5) is 0 Å². The zero-order valence-corrected chi connectivity index (χ0v) is 10.9. The van der Waals surface area contributed by atoms with Gasteiger partial charge >= 0.3 is 0 Å². The highest BCUT2D eigenvalue weighted by Crippen LogP contribution is 2.38. The molecule has 0 amide bonds. The van der Waals surface area contributed by atoms with Gasteiger partial charge in [-0.2, -0.15) is 0 Å². The first-order chi connectivity index (χ1) is 5.47. The molecule has 1 aliphatic rings. The molecule has 12 heavy (non-hydrogen) atoms. The second-order valence-electron chi connectivity index (χ2n) is 5.17.